The molecule has 2 N–H and O–H groups in total. The minimum atomic E-state index is -3.83. The Morgan fingerprint density at radius 3 is 2.52 bits per heavy atom. The molecule has 1 atom stereocenters. The molecule has 0 radical (unpaired) electrons. The average molecular weight is 380 g/mol. The van der Waals surface area contributed by atoms with Crippen LogP contribution in [0.5, 0.6) is 0 Å². The van der Waals surface area contributed by atoms with Gasteiger partial charge < -0.3 is 10.1 Å². The lowest BCUT2D eigenvalue weighted by Gasteiger charge is -2.11. The molecule has 1 fully saturated rings. The smallest absolute Gasteiger partial charge is 0.324 e. The summed E-state index contributed by atoms with van der Waals surface area (Å²) in [6, 6.07) is 6.75. The summed E-state index contributed by atoms with van der Waals surface area (Å²) in [6.07, 6.45) is 0.312. The molecule has 1 amide bonds. The summed E-state index contributed by atoms with van der Waals surface area (Å²) in [6.45, 7) is 2.06. The Hall–Kier alpha value is -2.23. The van der Waals surface area contributed by atoms with Gasteiger partial charge in [0.15, 0.2) is 0 Å². The number of rotatable bonds is 5. The molecule has 0 bridgehead atoms. The monoisotopic (exact) mass is 380 g/mol. The first-order valence-electron chi connectivity index (χ1n) is 7.51. The molecule has 3 rings (SSSR count). The van der Waals surface area contributed by atoms with Gasteiger partial charge in [-0.1, -0.05) is 0 Å². The van der Waals surface area contributed by atoms with Crippen LogP contribution in [0.15, 0.2) is 40.6 Å². The highest BCUT2D eigenvalue weighted by atomic mass is 32.2. The predicted molar refractivity (Wildman–Crippen MR) is 93.1 cm³/mol. The van der Waals surface area contributed by atoms with E-state index in [1.54, 1.807) is 0 Å². The molecular weight excluding hydrogens is 364 g/mol. The molecule has 1 aliphatic heterocycles. The normalized spacial score (nSPS) is 17.3. The zero-order valence-electron chi connectivity index (χ0n) is 13.3. The number of benzene rings is 1. The van der Waals surface area contributed by atoms with E-state index in [-0.39, 0.29) is 17.4 Å². The maximum atomic E-state index is 12.3. The standard InChI is InChI=1S/C16H16N2O5S2/c1-10-7-9-24-14(10)15(19)17-11-2-4-12(5-3-11)25(21,22)18-13-6-8-23-16(13)20/h2-5,7,9,13,18H,6,8H2,1H3,(H,17,19)/t13-/m0/s1. The molecule has 0 unspecified atom stereocenters. The van der Waals surface area contributed by atoms with E-state index >= 15 is 0 Å². The number of amides is 1. The van der Waals surface area contributed by atoms with E-state index in [0.29, 0.717) is 17.0 Å². The van der Waals surface area contributed by atoms with Crippen molar-refractivity contribution >= 4 is 38.9 Å². The zero-order chi connectivity index (χ0) is 18.0. The van der Waals surface area contributed by atoms with E-state index in [1.807, 2.05) is 18.4 Å². The Morgan fingerprint density at radius 2 is 1.96 bits per heavy atom. The van der Waals surface area contributed by atoms with Gasteiger partial charge in [-0.2, -0.15) is 4.72 Å². The van der Waals surface area contributed by atoms with E-state index in [9.17, 15) is 18.0 Å². The molecular formula is C16H16N2O5S2. The van der Waals surface area contributed by atoms with Crippen LogP contribution in [-0.2, 0) is 19.6 Å². The summed E-state index contributed by atoms with van der Waals surface area (Å²) in [5, 5.41) is 4.56. The van der Waals surface area contributed by atoms with E-state index in [4.69, 9.17) is 4.74 Å². The van der Waals surface area contributed by atoms with Crippen molar-refractivity contribution in [1.29, 1.82) is 0 Å². The van der Waals surface area contributed by atoms with Crippen molar-refractivity contribution in [3.8, 4) is 0 Å². The lowest BCUT2D eigenvalue weighted by atomic mass is 10.2. The maximum Gasteiger partial charge on any atom is 0.324 e. The largest absolute Gasteiger partial charge is 0.464 e. The Balaban J connectivity index is 1.70. The Kier molecular flexibility index (Phi) is 4.89. The van der Waals surface area contributed by atoms with E-state index in [2.05, 4.69) is 10.0 Å². The molecule has 132 valence electrons. The van der Waals surface area contributed by atoms with E-state index in [1.165, 1.54) is 35.6 Å². The summed E-state index contributed by atoms with van der Waals surface area (Å²) in [7, 11) is -3.83. The average Bonchev–Trinajstić information content (AvgIpc) is 3.16. The number of cyclic esters (lactones) is 1. The van der Waals surface area contributed by atoms with Crippen molar-refractivity contribution in [3.63, 3.8) is 0 Å². The molecule has 1 aliphatic rings. The summed E-state index contributed by atoms with van der Waals surface area (Å²) >= 11 is 1.34. The summed E-state index contributed by atoms with van der Waals surface area (Å²) in [5.41, 5.74) is 1.37. The van der Waals surface area contributed by atoms with Crippen molar-refractivity contribution in [2.75, 3.05) is 11.9 Å². The highest BCUT2D eigenvalue weighted by Gasteiger charge is 2.31. The maximum absolute atomic E-state index is 12.3. The third kappa shape index (κ3) is 3.89. The van der Waals surface area contributed by atoms with Crippen LogP contribution in [0, 0.1) is 6.92 Å². The van der Waals surface area contributed by atoms with Gasteiger partial charge in [0.05, 0.1) is 16.4 Å². The first kappa shape index (κ1) is 17.6. The fourth-order valence-electron chi connectivity index (χ4n) is 2.37. The molecule has 9 heteroatoms. The zero-order valence-corrected chi connectivity index (χ0v) is 14.9. The summed E-state index contributed by atoms with van der Waals surface area (Å²) < 4.78 is 31.7. The minimum absolute atomic E-state index is 0.0116. The second kappa shape index (κ2) is 6.95. The van der Waals surface area contributed by atoms with E-state index < -0.39 is 22.0 Å². The fourth-order valence-corrected chi connectivity index (χ4v) is 4.41. The van der Waals surface area contributed by atoms with Crippen LogP contribution in [0.3, 0.4) is 0 Å². The molecule has 0 spiro atoms. The first-order valence-corrected chi connectivity index (χ1v) is 9.87. The van der Waals surface area contributed by atoms with Crippen molar-refractivity contribution in [2.24, 2.45) is 0 Å². The number of esters is 1. The summed E-state index contributed by atoms with van der Waals surface area (Å²) in [4.78, 5) is 24.2. The lowest BCUT2D eigenvalue weighted by molar-refractivity contribution is -0.139. The minimum Gasteiger partial charge on any atom is -0.464 e. The molecule has 25 heavy (non-hydrogen) atoms. The van der Waals surface area contributed by atoms with Crippen molar-refractivity contribution in [1.82, 2.24) is 4.72 Å². The Bertz CT molecular complexity index is 903. The van der Waals surface area contributed by atoms with Crippen molar-refractivity contribution in [2.45, 2.75) is 24.3 Å². The number of sulfonamides is 1. The van der Waals surface area contributed by atoms with Gasteiger partial charge >= 0.3 is 5.97 Å². The van der Waals surface area contributed by atoms with E-state index in [0.717, 1.165) is 5.56 Å². The molecule has 1 aromatic carbocycles. The number of ether oxygens (including phenoxy) is 1. The molecule has 1 saturated heterocycles. The molecule has 7 nitrogen and oxygen atoms in total. The van der Waals surface area contributed by atoms with Crippen LogP contribution in [0.25, 0.3) is 0 Å². The molecule has 2 heterocycles. The van der Waals surface area contributed by atoms with Crippen molar-refractivity contribution < 1.29 is 22.7 Å². The number of thiophene rings is 1. The number of anilines is 1. The molecule has 1 aromatic heterocycles. The van der Waals surface area contributed by atoms with Gasteiger partial charge in [-0.25, -0.2) is 8.42 Å². The van der Waals surface area contributed by atoms with Gasteiger partial charge in [-0.3, -0.25) is 9.59 Å². The highest BCUT2D eigenvalue weighted by Crippen LogP contribution is 2.20. The molecule has 2 aromatic rings. The fraction of sp³-hybridized carbons (Fsp3) is 0.250. The second-order valence-electron chi connectivity index (χ2n) is 5.54. The topological polar surface area (TPSA) is 102 Å². The van der Waals surface area contributed by atoms with Crippen molar-refractivity contribution in [3.05, 3.63) is 46.2 Å². The third-order valence-electron chi connectivity index (χ3n) is 3.72. The van der Waals surface area contributed by atoms with Gasteiger partial charge in [-0.15, -0.1) is 11.3 Å². The van der Waals surface area contributed by atoms with Gasteiger partial charge in [-0.05, 0) is 48.2 Å². The van der Waals surface area contributed by atoms with Crippen LogP contribution < -0.4 is 10.0 Å². The third-order valence-corrected chi connectivity index (χ3v) is 6.23. The Labute approximate surface area is 149 Å². The van der Waals surface area contributed by atoms with Gasteiger partial charge in [0, 0.05) is 12.1 Å². The van der Waals surface area contributed by atoms with Crippen LogP contribution in [-0.4, -0.2) is 32.9 Å². The molecule has 0 saturated carbocycles. The quantitative estimate of drug-likeness (QED) is 0.772. The lowest BCUT2D eigenvalue weighted by Crippen LogP contribution is -2.37. The predicted octanol–water partition coefficient (Wildman–Crippen LogP) is 1.90. The van der Waals surface area contributed by atoms with Crippen LogP contribution in [0.4, 0.5) is 5.69 Å². The van der Waals surface area contributed by atoms with Gasteiger partial charge in [0.25, 0.3) is 5.91 Å². The SMILES string of the molecule is Cc1ccsc1C(=O)Nc1ccc(S(=O)(=O)N[C@H]2CCOC2=O)cc1. The second-order valence-corrected chi connectivity index (χ2v) is 8.17. The number of hydrogen-bond acceptors (Lipinski definition) is 6. The number of hydrogen-bond donors (Lipinski definition) is 2. The van der Waals surface area contributed by atoms with Gasteiger partial charge in [0.1, 0.15) is 6.04 Å². The number of carbonyl (C=O) groups is 2. The number of carbonyl (C=O) groups excluding carboxylic acids is 2. The number of nitrogens with one attached hydrogen (secondary N) is 2. The number of aryl methyl sites for hydroxylation is 1. The van der Waals surface area contributed by atoms with Crippen LogP contribution in [0.2, 0.25) is 0 Å². The molecule has 0 aliphatic carbocycles. The van der Waals surface area contributed by atoms with Gasteiger partial charge in [0.2, 0.25) is 10.0 Å². The Morgan fingerprint density at radius 1 is 1.24 bits per heavy atom. The van der Waals surface area contributed by atoms with Crippen LogP contribution in [0.1, 0.15) is 21.7 Å². The highest BCUT2D eigenvalue weighted by molar-refractivity contribution is 7.89. The first-order chi connectivity index (χ1) is 11.9. The summed E-state index contributed by atoms with van der Waals surface area (Å²) in [5.74, 6) is -0.811. The van der Waals surface area contributed by atoms with Crippen LogP contribution >= 0.6 is 11.3 Å².